The second-order valence-electron chi connectivity index (χ2n) is 6.05. The molecule has 5 nitrogen and oxygen atoms in total. The molecule has 0 radical (unpaired) electrons. The summed E-state index contributed by atoms with van der Waals surface area (Å²) in [6.07, 6.45) is 8.80. The molecule has 0 bridgehead atoms. The van der Waals surface area contributed by atoms with E-state index in [-0.39, 0.29) is 12.5 Å². The van der Waals surface area contributed by atoms with Gasteiger partial charge in [0, 0.05) is 18.1 Å². The van der Waals surface area contributed by atoms with E-state index >= 15 is 0 Å². The van der Waals surface area contributed by atoms with Crippen LogP contribution >= 0.6 is 0 Å². The summed E-state index contributed by atoms with van der Waals surface area (Å²) in [7, 11) is 0. The van der Waals surface area contributed by atoms with Crippen molar-refractivity contribution in [1.29, 1.82) is 0 Å². The number of ether oxygens (including phenoxy) is 2. The molecule has 5 heteroatoms. The Morgan fingerprint density at radius 2 is 1.85 bits per heavy atom. The minimum atomic E-state index is -0.438. The number of amides is 1. The van der Waals surface area contributed by atoms with Crippen LogP contribution in [-0.4, -0.2) is 31.6 Å². The largest absolute Gasteiger partial charge is 0.493 e. The molecule has 0 aliphatic rings. The Morgan fingerprint density at radius 3 is 2.62 bits per heavy atom. The van der Waals surface area contributed by atoms with E-state index in [0.29, 0.717) is 19.6 Å². The standard InChI is InChI=1S/C21H31NO4/c1-3-5-6-7-12-20(23)22-15-17-26-21(24)14-13-18-10-8-9-11-19(18)25-16-4-2/h8-11,13-14H,3-7,12,15-17H2,1-2H3,(H,22,23)/b14-13+. The highest BCUT2D eigenvalue weighted by atomic mass is 16.5. The summed E-state index contributed by atoms with van der Waals surface area (Å²) in [6, 6.07) is 7.54. The van der Waals surface area contributed by atoms with Gasteiger partial charge in [0.1, 0.15) is 12.4 Å². The van der Waals surface area contributed by atoms with Crippen molar-refractivity contribution < 1.29 is 19.1 Å². The monoisotopic (exact) mass is 361 g/mol. The van der Waals surface area contributed by atoms with Gasteiger partial charge < -0.3 is 14.8 Å². The molecule has 144 valence electrons. The van der Waals surface area contributed by atoms with Crippen LogP contribution < -0.4 is 10.1 Å². The molecule has 0 atom stereocenters. The lowest BCUT2D eigenvalue weighted by molar-refractivity contribution is -0.138. The Balaban J connectivity index is 2.26. The summed E-state index contributed by atoms with van der Waals surface area (Å²) in [5.74, 6) is 0.316. The van der Waals surface area contributed by atoms with Crippen molar-refractivity contribution in [3.05, 3.63) is 35.9 Å². The summed E-state index contributed by atoms with van der Waals surface area (Å²) >= 11 is 0. The Bertz CT molecular complexity index is 569. The van der Waals surface area contributed by atoms with Crippen LogP contribution in [0.5, 0.6) is 5.75 Å². The third-order valence-corrected chi connectivity index (χ3v) is 3.71. The van der Waals surface area contributed by atoms with Gasteiger partial charge >= 0.3 is 5.97 Å². The maximum atomic E-state index is 11.8. The summed E-state index contributed by atoms with van der Waals surface area (Å²) in [5.41, 5.74) is 0.832. The molecule has 0 aliphatic heterocycles. The minimum absolute atomic E-state index is 0.00898. The number of hydrogen-bond donors (Lipinski definition) is 1. The molecular weight excluding hydrogens is 330 g/mol. The molecule has 0 fully saturated rings. The summed E-state index contributed by atoms with van der Waals surface area (Å²) in [5, 5.41) is 2.76. The number of nitrogens with one attached hydrogen (secondary N) is 1. The Morgan fingerprint density at radius 1 is 1.04 bits per heavy atom. The van der Waals surface area contributed by atoms with E-state index < -0.39 is 5.97 Å². The fraction of sp³-hybridized carbons (Fsp3) is 0.524. The zero-order valence-corrected chi connectivity index (χ0v) is 16.0. The number of para-hydroxylation sites is 1. The van der Waals surface area contributed by atoms with Crippen LogP contribution in [0.2, 0.25) is 0 Å². The van der Waals surface area contributed by atoms with Crippen LogP contribution in [0.4, 0.5) is 0 Å². The van der Waals surface area contributed by atoms with Crippen LogP contribution in [0.25, 0.3) is 6.08 Å². The first-order valence-corrected chi connectivity index (χ1v) is 9.50. The van der Waals surface area contributed by atoms with Gasteiger partial charge in [0.05, 0.1) is 13.2 Å². The van der Waals surface area contributed by atoms with Gasteiger partial charge in [-0.3, -0.25) is 4.79 Å². The lowest BCUT2D eigenvalue weighted by atomic mass is 10.1. The highest BCUT2D eigenvalue weighted by Gasteiger charge is 2.03. The first-order chi connectivity index (χ1) is 12.7. The van der Waals surface area contributed by atoms with Gasteiger partial charge in [-0.25, -0.2) is 4.79 Å². The summed E-state index contributed by atoms with van der Waals surface area (Å²) in [6.45, 7) is 5.31. The molecule has 1 aromatic rings. The van der Waals surface area contributed by atoms with Crippen molar-refractivity contribution in [2.75, 3.05) is 19.8 Å². The van der Waals surface area contributed by atoms with E-state index in [0.717, 1.165) is 43.4 Å². The SMILES string of the molecule is CCCCCCC(=O)NCCOC(=O)/C=C/c1ccccc1OCCC. The van der Waals surface area contributed by atoms with Crippen molar-refractivity contribution in [3.63, 3.8) is 0 Å². The average Bonchev–Trinajstić information content (AvgIpc) is 2.66. The smallest absolute Gasteiger partial charge is 0.330 e. The maximum Gasteiger partial charge on any atom is 0.330 e. The third-order valence-electron chi connectivity index (χ3n) is 3.71. The van der Waals surface area contributed by atoms with Gasteiger partial charge in [0.15, 0.2) is 0 Å². The lowest BCUT2D eigenvalue weighted by Gasteiger charge is -2.08. The number of carbonyl (C=O) groups is 2. The molecule has 0 aromatic heterocycles. The molecule has 1 aromatic carbocycles. The van der Waals surface area contributed by atoms with Crippen molar-refractivity contribution >= 4 is 18.0 Å². The topological polar surface area (TPSA) is 64.6 Å². The van der Waals surface area contributed by atoms with Gasteiger partial charge in [-0.05, 0) is 25.0 Å². The Labute approximate surface area is 156 Å². The van der Waals surface area contributed by atoms with E-state index in [4.69, 9.17) is 9.47 Å². The van der Waals surface area contributed by atoms with Gasteiger partial charge in [-0.2, -0.15) is 0 Å². The molecule has 1 N–H and O–H groups in total. The molecule has 26 heavy (non-hydrogen) atoms. The minimum Gasteiger partial charge on any atom is -0.493 e. The van der Waals surface area contributed by atoms with Gasteiger partial charge in [0.2, 0.25) is 5.91 Å². The zero-order chi connectivity index (χ0) is 19.0. The average molecular weight is 361 g/mol. The molecule has 1 rings (SSSR count). The molecule has 0 aliphatic carbocycles. The maximum absolute atomic E-state index is 11.8. The van der Waals surface area contributed by atoms with Crippen molar-refractivity contribution in [2.45, 2.75) is 52.4 Å². The molecule has 0 saturated carbocycles. The normalized spacial score (nSPS) is 10.7. The molecule has 0 heterocycles. The Kier molecular flexibility index (Phi) is 11.6. The number of esters is 1. The van der Waals surface area contributed by atoms with Gasteiger partial charge in [-0.15, -0.1) is 0 Å². The third kappa shape index (κ3) is 9.87. The number of carbonyl (C=O) groups excluding carboxylic acids is 2. The van der Waals surface area contributed by atoms with E-state index in [9.17, 15) is 9.59 Å². The van der Waals surface area contributed by atoms with Crippen molar-refractivity contribution in [2.24, 2.45) is 0 Å². The number of benzene rings is 1. The number of hydrogen-bond acceptors (Lipinski definition) is 4. The van der Waals surface area contributed by atoms with Crippen LogP contribution in [0.3, 0.4) is 0 Å². The number of unbranched alkanes of at least 4 members (excludes halogenated alkanes) is 3. The summed E-state index contributed by atoms with van der Waals surface area (Å²) < 4.78 is 10.7. The van der Waals surface area contributed by atoms with E-state index in [2.05, 4.69) is 12.2 Å². The van der Waals surface area contributed by atoms with Crippen LogP contribution in [-0.2, 0) is 14.3 Å². The van der Waals surface area contributed by atoms with Gasteiger partial charge in [-0.1, -0.05) is 51.3 Å². The molecule has 0 saturated heterocycles. The quantitative estimate of drug-likeness (QED) is 0.326. The van der Waals surface area contributed by atoms with Crippen LogP contribution in [0, 0.1) is 0 Å². The van der Waals surface area contributed by atoms with Crippen molar-refractivity contribution in [1.82, 2.24) is 5.32 Å². The van der Waals surface area contributed by atoms with Crippen LogP contribution in [0.15, 0.2) is 30.3 Å². The van der Waals surface area contributed by atoms with E-state index in [1.165, 1.54) is 6.08 Å². The molecule has 0 unspecified atom stereocenters. The Hall–Kier alpha value is -2.30. The number of rotatable bonds is 13. The second-order valence-corrected chi connectivity index (χ2v) is 6.05. The summed E-state index contributed by atoms with van der Waals surface area (Å²) in [4.78, 5) is 23.4. The lowest BCUT2D eigenvalue weighted by Crippen LogP contribution is -2.27. The highest BCUT2D eigenvalue weighted by molar-refractivity contribution is 5.87. The first-order valence-electron chi connectivity index (χ1n) is 9.50. The van der Waals surface area contributed by atoms with E-state index in [1.807, 2.05) is 31.2 Å². The molecule has 0 spiro atoms. The zero-order valence-electron chi connectivity index (χ0n) is 16.0. The highest BCUT2D eigenvalue weighted by Crippen LogP contribution is 2.19. The van der Waals surface area contributed by atoms with Crippen LogP contribution in [0.1, 0.15) is 57.9 Å². The molecule has 1 amide bonds. The van der Waals surface area contributed by atoms with Crippen molar-refractivity contribution in [3.8, 4) is 5.75 Å². The van der Waals surface area contributed by atoms with Gasteiger partial charge in [0.25, 0.3) is 0 Å². The fourth-order valence-electron chi connectivity index (χ4n) is 2.31. The molecular formula is C21H31NO4. The van der Waals surface area contributed by atoms with E-state index in [1.54, 1.807) is 6.08 Å². The fourth-order valence-corrected chi connectivity index (χ4v) is 2.31. The first kappa shape index (κ1) is 21.7. The second kappa shape index (κ2) is 13.9. The predicted octanol–water partition coefficient (Wildman–Crippen LogP) is 4.12. The predicted molar refractivity (Wildman–Crippen MR) is 104 cm³/mol.